The van der Waals surface area contributed by atoms with Gasteiger partial charge in [0.1, 0.15) is 11.5 Å². The zero-order valence-electron chi connectivity index (χ0n) is 16.1. The highest BCUT2D eigenvalue weighted by Crippen LogP contribution is 2.24. The molecule has 7 heteroatoms. The Morgan fingerprint density at radius 1 is 1.12 bits per heavy atom. The second kappa shape index (κ2) is 12.2. The lowest BCUT2D eigenvalue weighted by Gasteiger charge is -2.21. The van der Waals surface area contributed by atoms with Crippen LogP contribution >= 0.6 is 24.0 Å². The maximum atomic E-state index is 5.41. The Morgan fingerprint density at radius 2 is 1.84 bits per heavy atom. The van der Waals surface area contributed by atoms with Gasteiger partial charge >= 0.3 is 0 Å². The molecule has 6 nitrogen and oxygen atoms in total. The molecule has 0 aromatic heterocycles. The van der Waals surface area contributed by atoms with E-state index in [9.17, 15) is 0 Å². The number of hydrogen-bond acceptors (Lipinski definition) is 4. The zero-order valence-corrected chi connectivity index (χ0v) is 18.5. The summed E-state index contributed by atoms with van der Waals surface area (Å²) >= 11 is 0. The third-order valence-corrected chi connectivity index (χ3v) is 3.69. The Bertz CT molecular complexity index is 536. The molecule has 0 unspecified atom stereocenters. The van der Waals surface area contributed by atoms with Gasteiger partial charge in [-0.1, -0.05) is 0 Å². The molecule has 25 heavy (non-hydrogen) atoms. The zero-order chi connectivity index (χ0) is 18.0. The molecular weight excluding hydrogens is 433 g/mol. The summed E-state index contributed by atoms with van der Waals surface area (Å²) in [6.45, 7) is 8.21. The minimum Gasteiger partial charge on any atom is -0.497 e. The van der Waals surface area contributed by atoms with Crippen LogP contribution in [0.2, 0.25) is 0 Å². The van der Waals surface area contributed by atoms with Gasteiger partial charge in [0.15, 0.2) is 5.96 Å². The van der Waals surface area contributed by atoms with E-state index in [4.69, 9.17) is 14.2 Å². The van der Waals surface area contributed by atoms with Crippen molar-refractivity contribution in [2.24, 2.45) is 4.99 Å². The SMILES string of the molecule is CCNC(=NCC(C)(C)OC)NCCc1cc(OC)ccc1OC.I. The normalized spacial score (nSPS) is 11.5. The summed E-state index contributed by atoms with van der Waals surface area (Å²) in [6, 6.07) is 5.82. The van der Waals surface area contributed by atoms with Crippen LogP contribution in [-0.2, 0) is 11.2 Å². The van der Waals surface area contributed by atoms with Gasteiger partial charge in [0.2, 0.25) is 0 Å². The Hall–Kier alpha value is -1.22. The Labute approximate surface area is 168 Å². The summed E-state index contributed by atoms with van der Waals surface area (Å²) in [5, 5.41) is 6.59. The third-order valence-electron chi connectivity index (χ3n) is 3.69. The highest BCUT2D eigenvalue weighted by Gasteiger charge is 2.15. The predicted octanol–water partition coefficient (Wildman–Crippen LogP) is 2.84. The van der Waals surface area contributed by atoms with Gasteiger partial charge in [0, 0.05) is 20.2 Å². The van der Waals surface area contributed by atoms with Gasteiger partial charge < -0.3 is 24.8 Å². The maximum absolute atomic E-state index is 5.41. The van der Waals surface area contributed by atoms with E-state index in [1.165, 1.54) is 0 Å². The Balaban J connectivity index is 0.00000576. The molecule has 0 bridgehead atoms. The van der Waals surface area contributed by atoms with Crippen molar-refractivity contribution < 1.29 is 14.2 Å². The van der Waals surface area contributed by atoms with E-state index >= 15 is 0 Å². The molecule has 1 aromatic carbocycles. The lowest BCUT2D eigenvalue weighted by atomic mass is 10.1. The fraction of sp³-hybridized carbons (Fsp3) is 0.611. The van der Waals surface area contributed by atoms with Crippen LogP contribution in [0.4, 0.5) is 0 Å². The van der Waals surface area contributed by atoms with Crippen LogP contribution in [0.25, 0.3) is 0 Å². The first kappa shape index (κ1) is 23.8. The number of hydrogen-bond donors (Lipinski definition) is 2. The van der Waals surface area contributed by atoms with Crippen molar-refractivity contribution >= 4 is 29.9 Å². The summed E-state index contributed by atoms with van der Waals surface area (Å²) in [4.78, 5) is 4.58. The monoisotopic (exact) mass is 465 g/mol. The van der Waals surface area contributed by atoms with Crippen LogP contribution in [0.3, 0.4) is 0 Å². The average molecular weight is 465 g/mol. The number of guanidine groups is 1. The van der Waals surface area contributed by atoms with Gasteiger partial charge in [-0.05, 0) is 51.0 Å². The first-order valence-corrected chi connectivity index (χ1v) is 8.24. The Morgan fingerprint density at radius 3 is 2.40 bits per heavy atom. The van der Waals surface area contributed by atoms with Crippen LogP contribution in [0.1, 0.15) is 26.3 Å². The Kier molecular flexibility index (Phi) is 11.6. The molecular formula is C18H32IN3O3. The van der Waals surface area contributed by atoms with Crippen molar-refractivity contribution in [3.05, 3.63) is 23.8 Å². The van der Waals surface area contributed by atoms with E-state index in [1.54, 1.807) is 21.3 Å². The molecule has 1 aromatic rings. The highest BCUT2D eigenvalue weighted by atomic mass is 127. The summed E-state index contributed by atoms with van der Waals surface area (Å²) in [7, 11) is 5.04. The van der Waals surface area contributed by atoms with Crippen LogP contribution in [-0.4, -0.2) is 52.5 Å². The average Bonchev–Trinajstić information content (AvgIpc) is 2.59. The second-order valence-electron chi connectivity index (χ2n) is 6.01. The molecule has 0 spiro atoms. The van der Waals surface area contributed by atoms with Crippen LogP contribution in [0.5, 0.6) is 11.5 Å². The number of nitrogens with one attached hydrogen (secondary N) is 2. The van der Waals surface area contributed by atoms with Crippen LogP contribution in [0, 0.1) is 0 Å². The van der Waals surface area contributed by atoms with E-state index < -0.39 is 0 Å². The lowest BCUT2D eigenvalue weighted by molar-refractivity contribution is 0.0310. The van der Waals surface area contributed by atoms with E-state index in [0.29, 0.717) is 6.54 Å². The molecule has 0 atom stereocenters. The van der Waals surface area contributed by atoms with Gasteiger partial charge in [0.25, 0.3) is 0 Å². The first-order valence-electron chi connectivity index (χ1n) is 8.24. The van der Waals surface area contributed by atoms with Crippen molar-refractivity contribution in [3.63, 3.8) is 0 Å². The first-order chi connectivity index (χ1) is 11.5. The van der Waals surface area contributed by atoms with Crippen molar-refractivity contribution in [2.45, 2.75) is 32.8 Å². The molecule has 1 rings (SSSR count). The number of aliphatic imine (C=N–C) groups is 1. The fourth-order valence-corrected chi connectivity index (χ4v) is 2.07. The number of nitrogens with zero attached hydrogens (tertiary/aromatic N) is 1. The molecule has 0 saturated carbocycles. The van der Waals surface area contributed by atoms with Crippen molar-refractivity contribution in [2.75, 3.05) is 41.0 Å². The summed E-state index contributed by atoms with van der Waals surface area (Å²) in [5.41, 5.74) is 0.815. The second-order valence-corrected chi connectivity index (χ2v) is 6.01. The van der Waals surface area contributed by atoms with Gasteiger partial charge in [-0.2, -0.15) is 0 Å². The van der Waals surface area contributed by atoms with Crippen molar-refractivity contribution in [3.8, 4) is 11.5 Å². The van der Waals surface area contributed by atoms with Crippen LogP contribution < -0.4 is 20.1 Å². The van der Waals surface area contributed by atoms with Crippen molar-refractivity contribution in [1.29, 1.82) is 0 Å². The molecule has 0 fully saturated rings. The molecule has 0 heterocycles. The molecule has 144 valence electrons. The highest BCUT2D eigenvalue weighted by molar-refractivity contribution is 14.0. The molecule has 0 aliphatic carbocycles. The van der Waals surface area contributed by atoms with Gasteiger partial charge in [-0.3, -0.25) is 4.99 Å². The van der Waals surface area contributed by atoms with Gasteiger partial charge in [-0.25, -0.2) is 0 Å². The lowest BCUT2D eigenvalue weighted by Crippen LogP contribution is -2.40. The number of methoxy groups -OCH3 is 3. The quantitative estimate of drug-likeness (QED) is 0.334. The van der Waals surface area contributed by atoms with Crippen molar-refractivity contribution in [1.82, 2.24) is 10.6 Å². The largest absolute Gasteiger partial charge is 0.497 e. The minimum absolute atomic E-state index is 0. The molecule has 0 amide bonds. The number of rotatable bonds is 9. The van der Waals surface area contributed by atoms with Gasteiger partial charge in [0.05, 0.1) is 26.4 Å². The number of halogens is 1. The molecule has 2 N–H and O–H groups in total. The fourth-order valence-electron chi connectivity index (χ4n) is 2.07. The number of ether oxygens (including phenoxy) is 3. The van der Waals surface area contributed by atoms with E-state index in [-0.39, 0.29) is 29.6 Å². The summed E-state index contributed by atoms with van der Waals surface area (Å²) in [6.07, 6.45) is 0.804. The molecule has 0 aliphatic heterocycles. The predicted molar refractivity (Wildman–Crippen MR) is 114 cm³/mol. The van der Waals surface area contributed by atoms with Gasteiger partial charge in [-0.15, -0.1) is 24.0 Å². The van der Waals surface area contributed by atoms with E-state index in [0.717, 1.165) is 42.5 Å². The maximum Gasteiger partial charge on any atom is 0.191 e. The van der Waals surface area contributed by atoms with E-state index in [2.05, 4.69) is 15.6 Å². The van der Waals surface area contributed by atoms with E-state index in [1.807, 2.05) is 39.0 Å². The molecule has 0 saturated heterocycles. The topological polar surface area (TPSA) is 64.1 Å². The number of benzene rings is 1. The molecule has 0 aliphatic rings. The standard InChI is InChI=1S/C18H31N3O3.HI/c1-7-19-17(21-13-18(2,3)24-6)20-11-10-14-12-15(22-4)8-9-16(14)23-5;/h8-9,12H,7,10-11,13H2,1-6H3,(H2,19,20,21);1H. The van der Waals surface area contributed by atoms with Crippen LogP contribution in [0.15, 0.2) is 23.2 Å². The molecule has 0 radical (unpaired) electrons. The smallest absolute Gasteiger partial charge is 0.191 e. The summed E-state index contributed by atoms with van der Waals surface area (Å²) < 4.78 is 16.1. The summed E-state index contributed by atoms with van der Waals surface area (Å²) in [5.74, 6) is 2.47. The minimum atomic E-state index is -0.279. The third kappa shape index (κ3) is 8.62.